The number of carbonyl (C=O) groups excluding carboxylic acids is 1. The molecule has 0 spiro atoms. The topological polar surface area (TPSA) is 99.2 Å². The van der Waals surface area contributed by atoms with Crippen LogP contribution in [0.5, 0.6) is 5.75 Å². The van der Waals surface area contributed by atoms with Gasteiger partial charge in [-0.2, -0.15) is 14.3 Å². The summed E-state index contributed by atoms with van der Waals surface area (Å²) in [6.45, 7) is 4.55. The molecule has 0 saturated carbocycles. The zero-order chi connectivity index (χ0) is 23.9. The van der Waals surface area contributed by atoms with E-state index < -0.39 is 0 Å². The number of hydrogen-bond acceptors (Lipinski definition) is 6. The largest absolute Gasteiger partial charge is 0.489 e. The maximum absolute atomic E-state index is 12.7. The molecule has 1 aliphatic rings. The number of ether oxygens (including phenoxy) is 1. The minimum atomic E-state index is -0.114. The predicted octanol–water partition coefficient (Wildman–Crippen LogP) is 3.98. The van der Waals surface area contributed by atoms with E-state index in [1.54, 1.807) is 9.20 Å². The van der Waals surface area contributed by atoms with Gasteiger partial charge in [-0.1, -0.05) is 36.4 Å². The first-order chi connectivity index (χ1) is 17.1. The highest BCUT2D eigenvalue weighted by Gasteiger charge is 2.33. The molecule has 4 heterocycles. The first kappa shape index (κ1) is 21.0. The van der Waals surface area contributed by atoms with Crippen LogP contribution in [0.4, 0.5) is 5.82 Å². The lowest BCUT2D eigenvalue weighted by Crippen LogP contribution is -2.25. The van der Waals surface area contributed by atoms with Crippen molar-refractivity contribution in [2.75, 3.05) is 5.32 Å². The predicted molar refractivity (Wildman–Crippen MR) is 130 cm³/mol. The van der Waals surface area contributed by atoms with Crippen molar-refractivity contribution in [2.24, 2.45) is 0 Å². The number of benzene rings is 2. The van der Waals surface area contributed by atoms with Gasteiger partial charge < -0.3 is 10.1 Å². The molecule has 2 aromatic carbocycles. The summed E-state index contributed by atoms with van der Waals surface area (Å²) in [5.41, 5.74) is 5.87. The molecule has 5 aromatic rings. The molecule has 1 N–H and O–H groups in total. The summed E-state index contributed by atoms with van der Waals surface area (Å²) in [6.07, 6.45) is 1.88. The first-order valence-electron chi connectivity index (χ1n) is 11.4. The highest BCUT2D eigenvalue weighted by atomic mass is 16.5. The van der Waals surface area contributed by atoms with E-state index in [0.717, 1.165) is 28.1 Å². The number of amides is 1. The van der Waals surface area contributed by atoms with Crippen LogP contribution in [0.15, 0.2) is 67.0 Å². The number of aryl methyl sites for hydroxylation is 2. The second kappa shape index (κ2) is 8.35. The number of nitrogens with one attached hydrogen (secondary N) is 1. The number of aromatic nitrogens is 6. The molecule has 0 bridgehead atoms. The molecule has 174 valence electrons. The molecule has 1 unspecified atom stereocenters. The van der Waals surface area contributed by atoms with Crippen LogP contribution in [0.3, 0.4) is 0 Å². The molecule has 1 aliphatic heterocycles. The summed E-state index contributed by atoms with van der Waals surface area (Å²) in [5.74, 6) is 1.83. The van der Waals surface area contributed by atoms with E-state index in [4.69, 9.17) is 9.84 Å². The van der Waals surface area contributed by atoms with Gasteiger partial charge in [0.15, 0.2) is 11.5 Å². The fourth-order valence-corrected chi connectivity index (χ4v) is 4.56. The van der Waals surface area contributed by atoms with E-state index >= 15 is 0 Å². The molecular formula is C26H23N7O2. The number of anilines is 1. The standard InChI is InChI=1S/C26H23N7O2/c1-16-5-3-4-6-19(16)14-35-20-9-7-18(8-10-20)21-13-24(34)28-26-25(21)17(2)30-33(26)23-12-11-22-29-27-15-32(22)31-23/h3-12,15,21H,13-14H2,1-2H3,(H,28,34). The molecule has 0 fully saturated rings. The van der Waals surface area contributed by atoms with E-state index in [2.05, 4.69) is 39.7 Å². The molecule has 0 saturated heterocycles. The van der Waals surface area contributed by atoms with Gasteiger partial charge in [0.25, 0.3) is 0 Å². The molecule has 6 rings (SSSR count). The summed E-state index contributed by atoms with van der Waals surface area (Å²) >= 11 is 0. The smallest absolute Gasteiger partial charge is 0.226 e. The molecule has 9 heteroatoms. The van der Waals surface area contributed by atoms with Crippen LogP contribution in [0, 0.1) is 13.8 Å². The van der Waals surface area contributed by atoms with E-state index in [9.17, 15) is 4.79 Å². The molecule has 9 nitrogen and oxygen atoms in total. The van der Waals surface area contributed by atoms with Gasteiger partial charge >= 0.3 is 0 Å². The van der Waals surface area contributed by atoms with Crippen LogP contribution in [-0.4, -0.2) is 35.5 Å². The van der Waals surface area contributed by atoms with E-state index in [1.807, 2.05) is 55.5 Å². The quantitative estimate of drug-likeness (QED) is 0.422. The highest BCUT2D eigenvalue weighted by Crippen LogP contribution is 2.40. The fraction of sp³-hybridized carbons (Fsp3) is 0.192. The number of hydrogen-bond donors (Lipinski definition) is 1. The lowest BCUT2D eigenvalue weighted by Gasteiger charge is -2.24. The third-order valence-electron chi connectivity index (χ3n) is 6.41. The Balaban J connectivity index is 1.30. The second-order valence-corrected chi connectivity index (χ2v) is 8.67. The van der Waals surface area contributed by atoms with Crippen molar-refractivity contribution < 1.29 is 9.53 Å². The van der Waals surface area contributed by atoms with Crippen molar-refractivity contribution in [2.45, 2.75) is 32.8 Å². The van der Waals surface area contributed by atoms with Gasteiger partial charge in [0.1, 0.15) is 24.5 Å². The van der Waals surface area contributed by atoms with Gasteiger partial charge in [-0.3, -0.25) is 4.79 Å². The molecule has 35 heavy (non-hydrogen) atoms. The average molecular weight is 466 g/mol. The second-order valence-electron chi connectivity index (χ2n) is 8.67. The van der Waals surface area contributed by atoms with Crippen molar-refractivity contribution in [3.63, 3.8) is 0 Å². The summed E-state index contributed by atoms with van der Waals surface area (Å²) < 4.78 is 9.26. The monoisotopic (exact) mass is 465 g/mol. The Bertz CT molecular complexity index is 1550. The Kier molecular flexibility index (Phi) is 5.02. The Morgan fingerprint density at radius 1 is 1.03 bits per heavy atom. The molecule has 0 aliphatic carbocycles. The Labute approximate surface area is 201 Å². The van der Waals surface area contributed by atoms with Crippen molar-refractivity contribution >= 4 is 17.4 Å². The number of nitrogens with zero attached hydrogens (tertiary/aromatic N) is 6. The van der Waals surface area contributed by atoms with Crippen molar-refractivity contribution in [3.05, 3.63) is 94.9 Å². The van der Waals surface area contributed by atoms with Crippen LogP contribution < -0.4 is 10.1 Å². The van der Waals surface area contributed by atoms with E-state index in [1.165, 1.54) is 11.9 Å². The van der Waals surface area contributed by atoms with Gasteiger partial charge in [-0.05, 0) is 54.8 Å². The summed E-state index contributed by atoms with van der Waals surface area (Å²) in [7, 11) is 0. The van der Waals surface area contributed by atoms with Crippen LogP contribution in [-0.2, 0) is 11.4 Å². The normalized spacial score (nSPS) is 15.1. The van der Waals surface area contributed by atoms with Gasteiger partial charge in [-0.25, -0.2) is 0 Å². The molecule has 1 amide bonds. The van der Waals surface area contributed by atoms with Crippen LogP contribution in [0.1, 0.15) is 40.3 Å². The van der Waals surface area contributed by atoms with Crippen molar-refractivity contribution in [1.29, 1.82) is 0 Å². The van der Waals surface area contributed by atoms with E-state index in [-0.39, 0.29) is 11.8 Å². The Hall–Kier alpha value is -4.53. The maximum atomic E-state index is 12.7. The van der Waals surface area contributed by atoms with Crippen LogP contribution in [0.2, 0.25) is 0 Å². The lowest BCUT2D eigenvalue weighted by molar-refractivity contribution is -0.116. The average Bonchev–Trinajstić information content (AvgIpc) is 3.47. The number of carbonyl (C=O) groups is 1. The van der Waals surface area contributed by atoms with Gasteiger partial charge in [0, 0.05) is 17.9 Å². The molecular weight excluding hydrogens is 442 g/mol. The SMILES string of the molecule is Cc1ccccc1COc1ccc(C2CC(=O)Nc3c2c(C)nn3-c2ccc3nncn3n2)cc1. The third kappa shape index (κ3) is 3.80. The lowest BCUT2D eigenvalue weighted by atomic mass is 9.86. The van der Waals surface area contributed by atoms with Crippen molar-refractivity contribution in [1.82, 2.24) is 29.6 Å². The Morgan fingerprint density at radius 3 is 2.69 bits per heavy atom. The Morgan fingerprint density at radius 2 is 1.86 bits per heavy atom. The van der Waals surface area contributed by atoms with Crippen LogP contribution >= 0.6 is 0 Å². The van der Waals surface area contributed by atoms with Gasteiger partial charge in [0.05, 0.1) is 5.69 Å². The molecule has 3 aromatic heterocycles. The van der Waals surface area contributed by atoms with Crippen molar-refractivity contribution in [3.8, 4) is 11.6 Å². The van der Waals surface area contributed by atoms with Gasteiger partial charge in [0.2, 0.25) is 5.91 Å². The first-order valence-corrected chi connectivity index (χ1v) is 11.4. The summed E-state index contributed by atoms with van der Waals surface area (Å²) in [6, 6.07) is 19.8. The van der Waals surface area contributed by atoms with E-state index in [0.29, 0.717) is 30.3 Å². The maximum Gasteiger partial charge on any atom is 0.226 e. The summed E-state index contributed by atoms with van der Waals surface area (Å²) in [4.78, 5) is 12.7. The minimum absolute atomic E-state index is 0.0612. The molecule has 0 radical (unpaired) electrons. The minimum Gasteiger partial charge on any atom is -0.489 e. The number of rotatable bonds is 5. The zero-order valence-electron chi connectivity index (χ0n) is 19.3. The third-order valence-corrected chi connectivity index (χ3v) is 6.41. The highest BCUT2D eigenvalue weighted by molar-refractivity contribution is 5.95. The molecule has 1 atom stereocenters. The summed E-state index contributed by atoms with van der Waals surface area (Å²) in [5, 5.41) is 20.1. The van der Waals surface area contributed by atoms with Crippen LogP contribution in [0.25, 0.3) is 11.5 Å². The zero-order valence-corrected chi connectivity index (χ0v) is 19.3. The van der Waals surface area contributed by atoms with Gasteiger partial charge in [-0.15, -0.1) is 15.3 Å². The number of fused-ring (bicyclic) bond motifs is 2. The fourth-order valence-electron chi connectivity index (χ4n) is 4.56.